The van der Waals surface area contributed by atoms with E-state index in [4.69, 9.17) is 9.26 Å². The van der Waals surface area contributed by atoms with Crippen LogP contribution < -0.4 is 5.32 Å². The van der Waals surface area contributed by atoms with Crippen LogP contribution in [0.3, 0.4) is 0 Å². The molecule has 0 atom stereocenters. The number of aryl methyl sites for hydroxylation is 1. The molecule has 0 saturated heterocycles. The fraction of sp³-hybridized carbons (Fsp3) is 0.400. The van der Waals surface area contributed by atoms with Crippen molar-refractivity contribution >= 4 is 11.6 Å². The predicted octanol–water partition coefficient (Wildman–Crippen LogP) is 2.80. The van der Waals surface area contributed by atoms with Crippen molar-refractivity contribution < 1.29 is 14.1 Å². The Hall–Kier alpha value is -2.21. The average molecular weight is 289 g/mol. The lowest BCUT2D eigenvalue weighted by molar-refractivity contribution is -0.125. The van der Waals surface area contributed by atoms with Crippen molar-refractivity contribution in [2.24, 2.45) is 0 Å². The van der Waals surface area contributed by atoms with Crippen molar-refractivity contribution in [2.75, 3.05) is 11.9 Å². The number of carbonyl (C=O) groups is 1. The maximum absolute atomic E-state index is 11.9. The van der Waals surface area contributed by atoms with Crippen LogP contribution in [0, 0.1) is 6.92 Å². The van der Waals surface area contributed by atoms with E-state index >= 15 is 0 Å². The van der Waals surface area contributed by atoms with Crippen LogP contribution in [0.4, 0.5) is 5.69 Å². The van der Waals surface area contributed by atoms with Gasteiger partial charge in [-0.15, -0.1) is 0 Å². The molecule has 0 fully saturated rings. The van der Waals surface area contributed by atoms with Gasteiger partial charge in [0.2, 0.25) is 5.91 Å². The van der Waals surface area contributed by atoms with E-state index in [-0.39, 0.29) is 18.1 Å². The fourth-order valence-corrected chi connectivity index (χ4v) is 1.65. The zero-order valence-electron chi connectivity index (χ0n) is 12.6. The van der Waals surface area contributed by atoms with Crippen LogP contribution in [0.25, 0.3) is 11.5 Å². The largest absolute Gasteiger partial charge is 0.366 e. The molecule has 1 heterocycles. The van der Waals surface area contributed by atoms with Crippen LogP contribution >= 0.6 is 0 Å². The van der Waals surface area contributed by atoms with Crippen molar-refractivity contribution in [3.05, 3.63) is 30.1 Å². The Balaban J connectivity index is 2.12. The van der Waals surface area contributed by atoms with E-state index in [0.29, 0.717) is 23.0 Å². The third-order valence-corrected chi connectivity index (χ3v) is 2.60. The highest BCUT2D eigenvalue weighted by molar-refractivity contribution is 5.95. The number of hydrogen-bond acceptors (Lipinski definition) is 5. The van der Waals surface area contributed by atoms with Crippen LogP contribution in [-0.4, -0.2) is 28.3 Å². The lowest BCUT2D eigenvalue weighted by atomic mass is 10.1. The number of benzene rings is 1. The molecule has 0 spiro atoms. The van der Waals surface area contributed by atoms with E-state index in [1.54, 1.807) is 13.0 Å². The Morgan fingerprint density at radius 1 is 1.33 bits per heavy atom. The van der Waals surface area contributed by atoms with Gasteiger partial charge in [0.25, 0.3) is 5.89 Å². The maximum Gasteiger partial charge on any atom is 0.260 e. The van der Waals surface area contributed by atoms with E-state index in [0.717, 1.165) is 0 Å². The van der Waals surface area contributed by atoms with Gasteiger partial charge in [-0.2, -0.15) is 4.98 Å². The highest BCUT2D eigenvalue weighted by atomic mass is 16.5. The highest BCUT2D eigenvalue weighted by Gasteiger charge is 2.16. The normalized spacial score (nSPS) is 11.4. The van der Waals surface area contributed by atoms with Crippen LogP contribution in [0.1, 0.15) is 26.6 Å². The lowest BCUT2D eigenvalue weighted by Gasteiger charge is -2.19. The van der Waals surface area contributed by atoms with Gasteiger partial charge in [0.05, 0.1) is 16.9 Å². The van der Waals surface area contributed by atoms with Gasteiger partial charge < -0.3 is 14.6 Å². The van der Waals surface area contributed by atoms with E-state index in [1.165, 1.54) is 0 Å². The van der Waals surface area contributed by atoms with Gasteiger partial charge in [0.1, 0.15) is 6.61 Å². The number of anilines is 1. The number of ether oxygens (including phenoxy) is 1. The molecular formula is C15H19N3O3. The van der Waals surface area contributed by atoms with Crippen molar-refractivity contribution in [1.82, 2.24) is 10.1 Å². The number of aromatic nitrogens is 2. The number of para-hydroxylation sites is 1. The molecule has 2 rings (SSSR count). The van der Waals surface area contributed by atoms with Gasteiger partial charge in [0.15, 0.2) is 5.82 Å². The average Bonchev–Trinajstić information content (AvgIpc) is 2.83. The Bertz CT molecular complexity index is 629. The molecule has 0 saturated carbocycles. The van der Waals surface area contributed by atoms with Gasteiger partial charge >= 0.3 is 0 Å². The summed E-state index contributed by atoms with van der Waals surface area (Å²) in [6.07, 6.45) is 0. The monoisotopic (exact) mass is 289 g/mol. The molecule has 6 heteroatoms. The lowest BCUT2D eigenvalue weighted by Crippen LogP contribution is -2.27. The first-order valence-corrected chi connectivity index (χ1v) is 6.69. The number of carbonyl (C=O) groups excluding carboxylic acids is 1. The second-order valence-electron chi connectivity index (χ2n) is 5.64. The topological polar surface area (TPSA) is 77.2 Å². The predicted molar refractivity (Wildman–Crippen MR) is 78.8 cm³/mol. The number of nitrogens with zero attached hydrogens (tertiary/aromatic N) is 2. The summed E-state index contributed by atoms with van der Waals surface area (Å²) >= 11 is 0. The summed E-state index contributed by atoms with van der Waals surface area (Å²) in [6.45, 7) is 7.42. The van der Waals surface area contributed by atoms with Crippen LogP contribution in [-0.2, 0) is 9.53 Å². The third-order valence-electron chi connectivity index (χ3n) is 2.60. The summed E-state index contributed by atoms with van der Waals surface area (Å²) < 4.78 is 10.6. The van der Waals surface area contributed by atoms with Crippen LogP contribution in [0.5, 0.6) is 0 Å². The molecular weight excluding hydrogens is 270 g/mol. The summed E-state index contributed by atoms with van der Waals surface area (Å²) in [5, 5.41) is 6.56. The van der Waals surface area contributed by atoms with E-state index in [1.807, 2.05) is 39.0 Å². The van der Waals surface area contributed by atoms with E-state index in [2.05, 4.69) is 15.5 Å². The Kier molecular flexibility index (Phi) is 4.37. The van der Waals surface area contributed by atoms with Crippen molar-refractivity contribution in [2.45, 2.75) is 33.3 Å². The molecule has 0 bridgehead atoms. The second kappa shape index (κ2) is 6.05. The summed E-state index contributed by atoms with van der Waals surface area (Å²) in [5.74, 6) is 0.691. The molecule has 0 unspecified atom stereocenters. The summed E-state index contributed by atoms with van der Waals surface area (Å²) in [4.78, 5) is 16.1. The molecule has 6 nitrogen and oxygen atoms in total. The molecule has 21 heavy (non-hydrogen) atoms. The smallest absolute Gasteiger partial charge is 0.260 e. The Morgan fingerprint density at radius 2 is 2.05 bits per heavy atom. The van der Waals surface area contributed by atoms with Crippen molar-refractivity contribution in [3.63, 3.8) is 0 Å². The molecule has 2 aromatic rings. The van der Waals surface area contributed by atoms with Gasteiger partial charge in [-0.05, 0) is 39.8 Å². The molecule has 0 aliphatic heterocycles. The molecule has 1 aromatic carbocycles. The number of hydrogen-bond donors (Lipinski definition) is 1. The van der Waals surface area contributed by atoms with Gasteiger partial charge in [0, 0.05) is 0 Å². The zero-order valence-corrected chi connectivity index (χ0v) is 12.6. The maximum atomic E-state index is 11.9. The summed E-state index contributed by atoms with van der Waals surface area (Å²) in [5.41, 5.74) is 0.936. The molecule has 112 valence electrons. The molecule has 0 aliphatic rings. The number of nitrogens with one attached hydrogen (secondary N) is 1. The highest BCUT2D eigenvalue weighted by Crippen LogP contribution is 2.26. The standard InChI is InChI=1S/C15H19N3O3/c1-10-16-14(21-18-10)11-7-5-6-8-12(11)17-13(19)9-20-15(2,3)4/h5-8H,9H2,1-4H3,(H,17,19). The molecule has 1 amide bonds. The Morgan fingerprint density at radius 3 is 2.67 bits per heavy atom. The molecule has 1 aromatic heterocycles. The zero-order chi connectivity index (χ0) is 15.5. The SMILES string of the molecule is Cc1noc(-c2ccccc2NC(=O)COC(C)(C)C)n1. The van der Waals surface area contributed by atoms with E-state index < -0.39 is 0 Å². The van der Waals surface area contributed by atoms with Gasteiger partial charge in [-0.3, -0.25) is 4.79 Å². The second-order valence-corrected chi connectivity index (χ2v) is 5.64. The first kappa shape index (κ1) is 15.2. The van der Waals surface area contributed by atoms with E-state index in [9.17, 15) is 4.79 Å². The van der Waals surface area contributed by atoms with Gasteiger partial charge in [-0.1, -0.05) is 17.3 Å². The number of rotatable bonds is 4. The van der Waals surface area contributed by atoms with Crippen LogP contribution in [0.2, 0.25) is 0 Å². The van der Waals surface area contributed by atoms with Crippen LogP contribution in [0.15, 0.2) is 28.8 Å². The third kappa shape index (κ3) is 4.39. The van der Waals surface area contributed by atoms with Crippen molar-refractivity contribution in [3.8, 4) is 11.5 Å². The minimum atomic E-state index is -0.361. The van der Waals surface area contributed by atoms with Gasteiger partial charge in [-0.25, -0.2) is 0 Å². The molecule has 1 N–H and O–H groups in total. The Labute approximate surface area is 123 Å². The number of amides is 1. The first-order chi connectivity index (χ1) is 9.85. The first-order valence-electron chi connectivity index (χ1n) is 6.69. The minimum absolute atomic E-state index is 0.0132. The quantitative estimate of drug-likeness (QED) is 0.936. The van der Waals surface area contributed by atoms with Crippen molar-refractivity contribution in [1.29, 1.82) is 0 Å². The fourth-order valence-electron chi connectivity index (χ4n) is 1.65. The summed E-state index contributed by atoms with van der Waals surface area (Å²) in [6, 6.07) is 7.26. The molecule has 0 aliphatic carbocycles. The minimum Gasteiger partial charge on any atom is -0.366 e. The molecule has 0 radical (unpaired) electrons. The summed E-state index contributed by atoms with van der Waals surface area (Å²) in [7, 11) is 0.